The van der Waals surface area contributed by atoms with Gasteiger partial charge in [-0.1, -0.05) is 22.0 Å². The first-order valence-corrected chi connectivity index (χ1v) is 5.07. The number of hydrogen-bond acceptors (Lipinski definition) is 2. The van der Waals surface area contributed by atoms with Gasteiger partial charge in [0.1, 0.15) is 11.6 Å². The number of aryl methyl sites for hydroxylation is 1. The zero-order valence-corrected chi connectivity index (χ0v) is 8.88. The van der Waals surface area contributed by atoms with Crippen LogP contribution in [0.5, 0.6) is 5.75 Å². The Morgan fingerprint density at radius 3 is 2.86 bits per heavy atom. The highest BCUT2D eigenvalue weighted by Gasteiger charge is 2.07. The molecule has 0 aliphatic heterocycles. The molecule has 0 atom stereocenters. The van der Waals surface area contributed by atoms with E-state index in [1.165, 1.54) is 6.07 Å². The van der Waals surface area contributed by atoms with Gasteiger partial charge in [0.15, 0.2) is 0 Å². The molecule has 0 spiro atoms. The lowest BCUT2D eigenvalue weighted by Crippen LogP contribution is -2.17. The highest BCUT2D eigenvalue weighted by molar-refractivity contribution is 9.09. The number of halogens is 2. The predicted molar refractivity (Wildman–Crippen MR) is 54.1 cm³/mol. The molecule has 0 fully saturated rings. The van der Waals surface area contributed by atoms with Crippen molar-refractivity contribution in [3.05, 3.63) is 29.6 Å². The molecule has 0 aliphatic carbocycles. The minimum Gasteiger partial charge on any atom is -0.410 e. The summed E-state index contributed by atoms with van der Waals surface area (Å²) in [6.45, 7) is 0. The molecule has 0 radical (unpaired) electrons. The van der Waals surface area contributed by atoms with Crippen LogP contribution in [0.4, 0.5) is 9.18 Å². The van der Waals surface area contributed by atoms with Crippen LogP contribution in [-0.4, -0.2) is 11.4 Å². The molecule has 14 heavy (non-hydrogen) atoms. The Kier molecular flexibility index (Phi) is 3.88. The standard InChI is InChI=1S/C9H9BrFNO2/c10-4-3-6-1-2-7(11)5-8(6)14-9(12)13/h1-2,5H,3-4H2,(H2,12,13). The van der Waals surface area contributed by atoms with Crippen LogP contribution < -0.4 is 10.5 Å². The molecule has 0 saturated carbocycles. The largest absolute Gasteiger partial charge is 0.410 e. The van der Waals surface area contributed by atoms with Crippen LogP contribution in [0.1, 0.15) is 5.56 Å². The van der Waals surface area contributed by atoms with Crippen molar-refractivity contribution >= 4 is 22.0 Å². The summed E-state index contributed by atoms with van der Waals surface area (Å²) in [7, 11) is 0. The number of hydrogen-bond donors (Lipinski definition) is 1. The Labute approximate surface area is 89.2 Å². The smallest absolute Gasteiger partial charge is 0.409 e. The van der Waals surface area contributed by atoms with Gasteiger partial charge in [-0.25, -0.2) is 9.18 Å². The van der Waals surface area contributed by atoms with E-state index in [1.807, 2.05) is 0 Å². The number of alkyl halides is 1. The van der Waals surface area contributed by atoms with Gasteiger partial charge in [-0.3, -0.25) is 0 Å². The third-order valence-electron chi connectivity index (χ3n) is 1.60. The molecule has 0 saturated heterocycles. The molecule has 0 aliphatic rings. The monoisotopic (exact) mass is 261 g/mol. The molecule has 0 unspecified atom stereocenters. The van der Waals surface area contributed by atoms with Gasteiger partial charge in [-0.15, -0.1) is 0 Å². The first-order chi connectivity index (χ1) is 6.63. The molecule has 2 N–H and O–H groups in total. The second-order valence-electron chi connectivity index (χ2n) is 2.61. The van der Waals surface area contributed by atoms with Gasteiger partial charge in [-0.05, 0) is 18.1 Å². The zero-order chi connectivity index (χ0) is 10.6. The van der Waals surface area contributed by atoms with E-state index in [4.69, 9.17) is 5.73 Å². The maximum absolute atomic E-state index is 12.8. The number of rotatable bonds is 3. The fraction of sp³-hybridized carbons (Fsp3) is 0.222. The van der Waals surface area contributed by atoms with Crippen molar-refractivity contribution in [2.24, 2.45) is 5.73 Å². The maximum Gasteiger partial charge on any atom is 0.409 e. The quantitative estimate of drug-likeness (QED) is 0.849. The summed E-state index contributed by atoms with van der Waals surface area (Å²) in [6.07, 6.45) is -0.297. The Hall–Kier alpha value is -1.10. The molecular weight excluding hydrogens is 253 g/mol. The van der Waals surface area contributed by atoms with E-state index < -0.39 is 11.9 Å². The first kappa shape index (κ1) is 11.0. The molecule has 3 nitrogen and oxygen atoms in total. The zero-order valence-electron chi connectivity index (χ0n) is 7.30. The summed E-state index contributed by atoms with van der Waals surface area (Å²) >= 11 is 3.24. The van der Waals surface area contributed by atoms with Gasteiger partial charge in [0.2, 0.25) is 0 Å². The summed E-state index contributed by atoms with van der Waals surface area (Å²) in [4.78, 5) is 10.5. The van der Waals surface area contributed by atoms with Crippen molar-refractivity contribution in [2.45, 2.75) is 6.42 Å². The SMILES string of the molecule is NC(=O)Oc1cc(F)ccc1CCBr. The van der Waals surface area contributed by atoms with Gasteiger partial charge >= 0.3 is 6.09 Å². The van der Waals surface area contributed by atoms with Crippen LogP contribution in [0.15, 0.2) is 18.2 Å². The first-order valence-electron chi connectivity index (χ1n) is 3.95. The lowest BCUT2D eigenvalue weighted by atomic mass is 10.1. The second-order valence-corrected chi connectivity index (χ2v) is 3.41. The fourth-order valence-corrected chi connectivity index (χ4v) is 1.47. The lowest BCUT2D eigenvalue weighted by molar-refractivity contribution is 0.210. The number of carbonyl (C=O) groups excluding carboxylic acids is 1. The Balaban J connectivity index is 2.96. The van der Waals surface area contributed by atoms with Crippen LogP contribution in [0.25, 0.3) is 0 Å². The molecule has 0 bridgehead atoms. The summed E-state index contributed by atoms with van der Waals surface area (Å²) < 4.78 is 17.5. The topological polar surface area (TPSA) is 52.3 Å². The van der Waals surface area contributed by atoms with E-state index in [-0.39, 0.29) is 5.75 Å². The molecule has 76 valence electrons. The maximum atomic E-state index is 12.8. The van der Waals surface area contributed by atoms with Gasteiger partial charge in [0, 0.05) is 11.4 Å². The van der Waals surface area contributed by atoms with Gasteiger partial charge in [-0.2, -0.15) is 0 Å². The Bertz CT molecular complexity index is 344. The van der Waals surface area contributed by atoms with Crippen LogP contribution in [0.2, 0.25) is 0 Å². The highest BCUT2D eigenvalue weighted by Crippen LogP contribution is 2.21. The van der Waals surface area contributed by atoms with Crippen LogP contribution in [0.3, 0.4) is 0 Å². The average molecular weight is 262 g/mol. The van der Waals surface area contributed by atoms with E-state index in [9.17, 15) is 9.18 Å². The third-order valence-corrected chi connectivity index (χ3v) is 2.00. The van der Waals surface area contributed by atoms with E-state index in [1.54, 1.807) is 6.07 Å². The number of ether oxygens (including phenoxy) is 1. The summed E-state index contributed by atoms with van der Waals surface area (Å²) in [6, 6.07) is 4.02. The number of amides is 1. The minimum atomic E-state index is -0.938. The molecule has 5 heteroatoms. The lowest BCUT2D eigenvalue weighted by Gasteiger charge is -2.06. The molecule has 1 rings (SSSR count). The van der Waals surface area contributed by atoms with Crippen molar-refractivity contribution in [1.29, 1.82) is 0 Å². The fourth-order valence-electron chi connectivity index (χ4n) is 1.04. The van der Waals surface area contributed by atoms with Gasteiger partial charge in [0.25, 0.3) is 0 Å². The van der Waals surface area contributed by atoms with E-state index in [0.717, 1.165) is 11.6 Å². The predicted octanol–water partition coefficient (Wildman–Crippen LogP) is 2.22. The molecule has 1 aromatic rings. The highest BCUT2D eigenvalue weighted by atomic mass is 79.9. The van der Waals surface area contributed by atoms with Crippen molar-refractivity contribution in [2.75, 3.05) is 5.33 Å². The van der Waals surface area contributed by atoms with Crippen molar-refractivity contribution in [3.63, 3.8) is 0 Å². The van der Waals surface area contributed by atoms with E-state index in [0.29, 0.717) is 11.8 Å². The number of carbonyl (C=O) groups is 1. The normalized spacial score (nSPS) is 9.86. The summed E-state index contributed by atoms with van der Waals surface area (Å²) in [5.41, 5.74) is 5.58. The number of benzene rings is 1. The summed E-state index contributed by atoms with van der Waals surface area (Å²) in [5, 5.41) is 0.702. The molecule has 1 amide bonds. The number of primary amides is 1. The van der Waals surface area contributed by atoms with Gasteiger partial charge in [0.05, 0.1) is 0 Å². The van der Waals surface area contributed by atoms with Crippen molar-refractivity contribution < 1.29 is 13.9 Å². The Morgan fingerprint density at radius 1 is 1.57 bits per heavy atom. The van der Waals surface area contributed by atoms with Gasteiger partial charge < -0.3 is 10.5 Å². The van der Waals surface area contributed by atoms with Crippen molar-refractivity contribution in [3.8, 4) is 5.75 Å². The molecular formula is C9H9BrFNO2. The van der Waals surface area contributed by atoms with E-state index in [2.05, 4.69) is 20.7 Å². The average Bonchev–Trinajstić information content (AvgIpc) is 2.09. The number of nitrogens with two attached hydrogens (primary N) is 1. The molecule has 0 aromatic heterocycles. The minimum absolute atomic E-state index is 0.178. The van der Waals surface area contributed by atoms with E-state index >= 15 is 0 Å². The summed E-state index contributed by atoms with van der Waals surface area (Å²) in [5.74, 6) is -0.281. The van der Waals surface area contributed by atoms with Crippen molar-refractivity contribution in [1.82, 2.24) is 0 Å². The van der Waals surface area contributed by atoms with Crippen LogP contribution in [0, 0.1) is 5.82 Å². The Morgan fingerprint density at radius 2 is 2.29 bits per heavy atom. The second kappa shape index (κ2) is 4.95. The molecule has 0 heterocycles. The van der Waals surface area contributed by atoms with Crippen LogP contribution in [-0.2, 0) is 6.42 Å². The molecule has 1 aromatic carbocycles. The third kappa shape index (κ3) is 2.99. The van der Waals surface area contributed by atoms with Crippen LogP contribution >= 0.6 is 15.9 Å².